The van der Waals surface area contributed by atoms with Crippen molar-refractivity contribution in [2.45, 2.75) is 19.4 Å². The van der Waals surface area contributed by atoms with Crippen molar-refractivity contribution in [2.24, 2.45) is 0 Å². The highest BCUT2D eigenvalue weighted by molar-refractivity contribution is 6.35. The minimum Gasteiger partial charge on any atom is -0.312 e. The Hall–Kier alpha value is -0.240. The van der Waals surface area contributed by atoms with Crippen molar-refractivity contribution in [3.05, 3.63) is 33.3 Å². The summed E-state index contributed by atoms with van der Waals surface area (Å²) >= 11 is 12.0. The molecule has 0 aromatic heterocycles. The van der Waals surface area contributed by atoms with Crippen molar-refractivity contribution >= 4 is 23.2 Å². The molecule has 1 aliphatic rings. The van der Waals surface area contributed by atoms with Crippen molar-refractivity contribution in [2.75, 3.05) is 6.54 Å². The molecule has 0 amide bonds. The van der Waals surface area contributed by atoms with Crippen LogP contribution in [0.1, 0.15) is 24.0 Å². The summed E-state index contributed by atoms with van der Waals surface area (Å²) in [6, 6.07) is 3.83. The summed E-state index contributed by atoms with van der Waals surface area (Å²) in [4.78, 5) is 0. The second-order valence-corrected chi connectivity index (χ2v) is 4.33. The monoisotopic (exact) mass is 215 g/mol. The van der Waals surface area contributed by atoms with Crippen LogP contribution in [-0.4, -0.2) is 6.54 Å². The van der Waals surface area contributed by atoms with Gasteiger partial charge < -0.3 is 5.32 Å². The molecule has 3 heteroatoms. The molecule has 1 atom stereocenters. The van der Waals surface area contributed by atoms with E-state index in [0.717, 1.165) is 23.1 Å². The number of hydrogen-bond acceptors (Lipinski definition) is 1. The van der Waals surface area contributed by atoms with Gasteiger partial charge in [0, 0.05) is 23.1 Å². The van der Waals surface area contributed by atoms with E-state index in [2.05, 4.69) is 12.2 Å². The molecule has 0 saturated carbocycles. The standard InChI is InChI=1S/C10H11Cl2N/c1-6-4-13-5-9-8(6)2-7(11)3-10(9)12/h2-3,6,13H,4-5H2,1H3/t6-/m1/s1. The van der Waals surface area contributed by atoms with Gasteiger partial charge >= 0.3 is 0 Å². The molecule has 1 aliphatic heterocycles. The smallest absolute Gasteiger partial charge is 0.0468 e. The van der Waals surface area contributed by atoms with Gasteiger partial charge in [0.05, 0.1) is 0 Å². The highest BCUT2D eigenvalue weighted by Gasteiger charge is 2.18. The molecule has 0 radical (unpaired) electrons. The largest absolute Gasteiger partial charge is 0.312 e. The number of fused-ring (bicyclic) bond motifs is 1. The molecule has 2 rings (SSSR count). The van der Waals surface area contributed by atoms with Gasteiger partial charge in [-0.15, -0.1) is 0 Å². The molecular weight excluding hydrogens is 205 g/mol. The second kappa shape index (κ2) is 3.49. The topological polar surface area (TPSA) is 12.0 Å². The maximum Gasteiger partial charge on any atom is 0.0468 e. The van der Waals surface area contributed by atoms with Gasteiger partial charge in [0.2, 0.25) is 0 Å². The number of nitrogens with one attached hydrogen (secondary N) is 1. The molecule has 0 saturated heterocycles. The minimum atomic E-state index is 0.500. The number of rotatable bonds is 0. The Balaban J connectivity index is 2.56. The lowest BCUT2D eigenvalue weighted by Gasteiger charge is -2.24. The molecule has 0 aliphatic carbocycles. The molecule has 1 aromatic carbocycles. The van der Waals surface area contributed by atoms with E-state index in [-0.39, 0.29) is 0 Å². The van der Waals surface area contributed by atoms with Crippen LogP contribution in [0.15, 0.2) is 12.1 Å². The number of halogens is 2. The third-order valence-electron chi connectivity index (χ3n) is 2.48. The van der Waals surface area contributed by atoms with Gasteiger partial charge in [0.25, 0.3) is 0 Å². The van der Waals surface area contributed by atoms with Gasteiger partial charge in [-0.3, -0.25) is 0 Å². The summed E-state index contributed by atoms with van der Waals surface area (Å²) in [6.07, 6.45) is 0. The first-order chi connectivity index (χ1) is 6.18. The van der Waals surface area contributed by atoms with Gasteiger partial charge in [-0.25, -0.2) is 0 Å². The lowest BCUT2D eigenvalue weighted by atomic mass is 9.92. The van der Waals surface area contributed by atoms with Crippen molar-refractivity contribution < 1.29 is 0 Å². The van der Waals surface area contributed by atoms with E-state index < -0.39 is 0 Å². The molecule has 1 nitrogen and oxygen atoms in total. The summed E-state index contributed by atoms with van der Waals surface area (Å²) in [5.41, 5.74) is 2.49. The molecule has 1 heterocycles. The Morgan fingerprint density at radius 2 is 2.15 bits per heavy atom. The Morgan fingerprint density at radius 1 is 1.38 bits per heavy atom. The van der Waals surface area contributed by atoms with E-state index in [9.17, 15) is 0 Å². The zero-order chi connectivity index (χ0) is 9.42. The Labute approximate surface area is 88.0 Å². The van der Waals surface area contributed by atoms with Gasteiger partial charge in [-0.1, -0.05) is 30.1 Å². The van der Waals surface area contributed by atoms with Crippen LogP contribution in [0.2, 0.25) is 10.0 Å². The Bertz CT molecular complexity index is 336. The molecule has 0 spiro atoms. The number of hydrogen-bond donors (Lipinski definition) is 1. The summed E-state index contributed by atoms with van der Waals surface area (Å²) in [5.74, 6) is 0.500. The number of benzene rings is 1. The van der Waals surface area contributed by atoms with Crippen LogP contribution in [0.3, 0.4) is 0 Å². The lowest BCUT2D eigenvalue weighted by Crippen LogP contribution is -2.26. The van der Waals surface area contributed by atoms with Crippen molar-refractivity contribution in [1.82, 2.24) is 5.32 Å². The maximum atomic E-state index is 6.09. The van der Waals surface area contributed by atoms with Crippen LogP contribution in [0.25, 0.3) is 0 Å². The van der Waals surface area contributed by atoms with Crippen molar-refractivity contribution in [3.8, 4) is 0 Å². The first-order valence-corrected chi connectivity index (χ1v) is 5.12. The van der Waals surface area contributed by atoms with E-state index in [0.29, 0.717) is 5.92 Å². The second-order valence-electron chi connectivity index (χ2n) is 3.49. The molecule has 70 valence electrons. The Morgan fingerprint density at radius 3 is 2.92 bits per heavy atom. The van der Waals surface area contributed by atoms with Crippen molar-refractivity contribution in [3.63, 3.8) is 0 Å². The molecule has 1 N–H and O–H groups in total. The molecule has 1 aromatic rings. The zero-order valence-corrected chi connectivity index (χ0v) is 8.91. The van der Waals surface area contributed by atoms with Gasteiger partial charge in [0.1, 0.15) is 0 Å². The van der Waals surface area contributed by atoms with E-state index in [4.69, 9.17) is 23.2 Å². The van der Waals surface area contributed by atoms with Gasteiger partial charge in [0.15, 0.2) is 0 Å². The molecule has 13 heavy (non-hydrogen) atoms. The lowest BCUT2D eigenvalue weighted by molar-refractivity contribution is 0.571. The van der Waals surface area contributed by atoms with Crippen LogP contribution in [0.5, 0.6) is 0 Å². The zero-order valence-electron chi connectivity index (χ0n) is 7.40. The van der Waals surface area contributed by atoms with Crippen LogP contribution in [0, 0.1) is 0 Å². The fraction of sp³-hybridized carbons (Fsp3) is 0.400. The highest BCUT2D eigenvalue weighted by atomic mass is 35.5. The SMILES string of the molecule is C[C@@H]1CNCc2c(Cl)cc(Cl)cc21. The minimum absolute atomic E-state index is 0.500. The van der Waals surface area contributed by atoms with Crippen LogP contribution < -0.4 is 5.32 Å². The average molecular weight is 216 g/mol. The first kappa shape index (κ1) is 9.32. The highest BCUT2D eigenvalue weighted by Crippen LogP contribution is 2.32. The van der Waals surface area contributed by atoms with E-state index in [1.54, 1.807) is 0 Å². The fourth-order valence-corrected chi connectivity index (χ4v) is 2.35. The quantitative estimate of drug-likeness (QED) is 0.702. The van der Waals surface area contributed by atoms with Gasteiger partial charge in [-0.05, 0) is 29.2 Å². The predicted octanol–water partition coefficient (Wildman–Crippen LogP) is 3.20. The molecule has 0 unspecified atom stereocenters. The first-order valence-electron chi connectivity index (χ1n) is 4.37. The van der Waals surface area contributed by atoms with Crippen LogP contribution >= 0.6 is 23.2 Å². The van der Waals surface area contributed by atoms with Crippen LogP contribution in [0.4, 0.5) is 0 Å². The van der Waals surface area contributed by atoms with E-state index in [1.165, 1.54) is 11.1 Å². The van der Waals surface area contributed by atoms with E-state index >= 15 is 0 Å². The van der Waals surface area contributed by atoms with Gasteiger partial charge in [-0.2, -0.15) is 0 Å². The normalized spacial score (nSPS) is 21.3. The molecular formula is C10H11Cl2N. The predicted molar refractivity (Wildman–Crippen MR) is 56.6 cm³/mol. The van der Waals surface area contributed by atoms with E-state index in [1.807, 2.05) is 12.1 Å². The van der Waals surface area contributed by atoms with Crippen LogP contribution in [-0.2, 0) is 6.54 Å². The summed E-state index contributed by atoms with van der Waals surface area (Å²) in [6.45, 7) is 4.04. The Kier molecular flexibility index (Phi) is 2.50. The van der Waals surface area contributed by atoms with Crippen molar-refractivity contribution in [1.29, 1.82) is 0 Å². The summed E-state index contributed by atoms with van der Waals surface area (Å²) in [5, 5.41) is 4.84. The summed E-state index contributed by atoms with van der Waals surface area (Å²) < 4.78 is 0. The third-order valence-corrected chi connectivity index (χ3v) is 3.03. The third kappa shape index (κ3) is 1.69. The summed E-state index contributed by atoms with van der Waals surface area (Å²) in [7, 11) is 0. The maximum absolute atomic E-state index is 6.09. The average Bonchev–Trinajstić information content (AvgIpc) is 2.07. The molecule has 0 bridgehead atoms. The molecule has 0 fully saturated rings. The fourth-order valence-electron chi connectivity index (χ4n) is 1.77.